The van der Waals surface area contributed by atoms with E-state index >= 15 is 0 Å². The lowest BCUT2D eigenvalue weighted by molar-refractivity contribution is 0.0700. The number of anilines is 1. The molecule has 0 bridgehead atoms. The molecule has 1 N–H and O–H groups in total. The second kappa shape index (κ2) is 6.77. The molecule has 1 aromatic heterocycles. The molecule has 0 radical (unpaired) electrons. The first-order chi connectivity index (χ1) is 9.93. The van der Waals surface area contributed by atoms with Gasteiger partial charge in [-0.05, 0) is 31.1 Å². The van der Waals surface area contributed by atoms with Gasteiger partial charge in [0.1, 0.15) is 4.88 Å². The first kappa shape index (κ1) is 16.3. The first-order valence-corrected chi connectivity index (χ1v) is 8.72. The minimum atomic E-state index is -0.848. The van der Waals surface area contributed by atoms with Gasteiger partial charge in [0, 0.05) is 13.1 Å². The fraction of sp³-hybridized carbons (Fsp3) is 0.750. The van der Waals surface area contributed by atoms with E-state index in [0.717, 1.165) is 23.2 Å². The SMILES string of the molecule is CCC(C)c1nc(N(C)C2CCCC(C)C2)sc1C(=O)O. The maximum atomic E-state index is 11.5. The first-order valence-electron chi connectivity index (χ1n) is 7.90. The van der Waals surface area contributed by atoms with Crippen LogP contribution in [-0.2, 0) is 0 Å². The summed E-state index contributed by atoms with van der Waals surface area (Å²) >= 11 is 1.33. The van der Waals surface area contributed by atoms with Gasteiger partial charge in [-0.25, -0.2) is 9.78 Å². The van der Waals surface area contributed by atoms with Crippen LogP contribution < -0.4 is 4.90 Å². The smallest absolute Gasteiger partial charge is 0.347 e. The number of hydrogen-bond donors (Lipinski definition) is 1. The number of carboxylic acid groups (broad SMARTS) is 1. The van der Waals surface area contributed by atoms with Crippen LogP contribution in [0.4, 0.5) is 5.13 Å². The Hall–Kier alpha value is -1.10. The van der Waals surface area contributed by atoms with Crippen molar-refractivity contribution in [3.8, 4) is 0 Å². The minimum absolute atomic E-state index is 0.194. The normalized spacial score (nSPS) is 23.8. The molecule has 0 aliphatic heterocycles. The fourth-order valence-corrected chi connectivity index (χ4v) is 4.12. The van der Waals surface area contributed by atoms with E-state index in [4.69, 9.17) is 0 Å². The standard InChI is InChI=1S/C16H26N2O2S/c1-5-11(3)13-14(15(19)20)21-16(17-13)18(4)12-8-6-7-10(2)9-12/h10-12H,5-9H2,1-4H3,(H,19,20). The van der Waals surface area contributed by atoms with Gasteiger partial charge >= 0.3 is 5.97 Å². The molecule has 4 nitrogen and oxygen atoms in total. The molecule has 2 rings (SSSR count). The number of carboxylic acids is 1. The topological polar surface area (TPSA) is 53.4 Å². The monoisotopic (exact) mass is 310 g/mol. The summed E-state index contributed by atoms with van der Waals surface area (Å²) in [4.78, 5) is 18.7. The number of rotatable bonds is 5. The largest absolute Gasteiger partial charge is 0.477 e. The van der Waals surface area contributed by atoms with Crippen molar-refractivity contribution in [2.45, 2.75) is 64.8 Å². The number of carbonyl (C=O) groups is 1. The Labute approximate surface area is 131 Å². The summed E-state index contributed by atoms with van der Waals surface area (Å²) in [6.07, 6.45) is 5.83. The second-order valence-electron chi connectivity index (χ2n) is 6.36. The Morgan fingerprint density at radius 3 is 2.81 bits per heavy atom. The molecule has 0 amide bonds. The van der Waals surface area contributed by atoms with Crippen LogP contribution in [0, 0.1) is 5.92 Å². The highest BCUT2D eigenvalue weighted by Crippen LogP contribution is 2.35. The van der Waals surface area contributed by atoms with Crippen molar-refractivity contribution >= 4 is 22.4 Å². The summed E-state index contributed by atoms with van der Waals surface area (Å²) in [6.45, 7) is 6.42. The molecule has 5 heteroatoms. The average molecular weight is 310 g/mol. The average Bonchev–Trinajstić information content (AvgIpc) is 2.91. The molecule has 0 aromatic carbocycles. The second-order valence-corrected chi connectivity index (χ2v) is 7.34. The minimum Gasteiger partial charge on any atom is -0.477 e. The van der Waals surface area contributed by atoms with E-state index in [2.05, 4.69) is 30.8 Å². The zero-order chi connectivity index (χ0) is 15.6. The van der Waals surface area contributed by atoms with Crippen molar-refractivity contribution in [2.24, 2.45) is 5.92 Å². The van der Waals surface area contributed by atoms with Crippen molar-refractivity contribution in [1.82, 2.24) is 4.98 Å². The third kappa shape index (κ3) is 3.57. The molecule has 1 aliphatic carbocycles. The molecule has 3 atom stereocenters. The molecule has 1 fully saturated rings. The molecule has 21 heavy (non-hydrogen) atoms. The Balaban J connectivity index is 2.24. The molecule has 1 saturated carbocycles. The van der Waals surface area contributed by atoms with E-state index in [1.54, 1.807) is 0 Å². The van der Waals surface area contributed by atoms with Crippen LogP contribution >= 0.6 is 11.3 Å². The Morgan fingerprint density at radius 1 is 1.52 bits per heavy atom. The lowest BCUT2D eigenvalue weighted by Crippen LogP contribution is -2.35. The molecule has 0 saturated heterocycles. The van der Waals surface area contributed by atoms with Gasteiger partial charge in [-0.3, -0.25) is 0 Å². The number of nitrogens with zero attached hydrogens (tertiary/aromatic N) is 2. The number of hydrogen-bond acceptors (Lipinski definition) is 4. The van der Waals surface area contributed by atoms with Gasteiger partial charge in [-0.1, -0.05) is 44.9 Å². The zero-order valence-electron chi connectivity index (χ0n) is 13.4. The highest BCUT2D eigenvalue weighted by Gasteiger charge is 2.27. The quantitative estimate of drug-likeness (QED) is 0.877. The summed E-state index contributed by atoms with van der Waals surface area (Å²) in [5, 5.41) is 10.3. The summed E-state index contributed by atoms with van der Waals surface area (Å²) in [5.41, 5.74) is 0.751. The summed E-state index contributed by atoms with van der Waals surface area (Å²) in [6, 6.07) is 0.492. The molecule has 1 heterocycles. The van der Waals surface area contributed by atoms with Gasteiger partial charge < -0.3 is 10.0 Å². The molecule has 0 spiro atoms. The van der Waals surface area contributed by atoms with Crippen LogP contribution in [-0.4, -0.2) is 29.1 Å². The van der Waals surface area contributed by atoms with Crippen LogP contribution in [0.2, 0.25) is 0 Å². The van der Waals surface area contributed by atoms with Gasteiger partial charge in [0.25, 0.3) is 0 Å². The van der Waals surface area contributed by atoms with Gasteiger partial charge in [0.15, 0.2) is 5.13 Å². The molecular weight excluding hydrogens is 284 g/mol. The lowest BCUT2D eigenvalue weighted by Gasteiger charge is -2.33. The van der Waals surface area contributed by atoms with Crippen LogP contribution in [0.25, 0.3) is 0 Å². The van der Waals surface area contributed by atoms with E-state index in [0.29, 0.717) is 10.9 Å². The maximum Gasteiger partial charge on any atom is 0.347 e. The van der Waals surface area contributed by atoms with Crippen molar-refractivity contribution < 1.29 is 9.90 Å². The van der Waals surface area contributed by atoms with E-state index in [-0.39, 0.29) is 5.92 Å². The van der Waals surface area contributed by atoms with Crippen molar-refractivity contribution in [3.63, 3.8) is 0 Å². The molecule has 1 aliphatic rings. The molecule has 1 aromatic rings. The number of aromatic nitrogens is 1. The van der Waals surface area contributed by atoms with Crippen molar-refractivity contribution in [2.75, 3.05) is 11.9 Å². The molecule has 118 valence electrons. The third-order valence-electron chi connectivity index (χ3n) is 4.67. The van der Waals surface area contributed by atoms with Crippen LogP contribution in [0.3, 0.4) is 0 Å². The van der Waals surface area contributed by atoms with E-state index in [1.165, 1.54) is 37.0 Å². The van der Waals surface area contributed by atoms with E-state index in [1.807, 2.05) is 6.92 Å². The van der Waals surface area contributed by atoms with Gasteiger partial charge in [0.2, 0.25) is 0 Å². The predicted octanol–water partition coefficient (Wildman–Crippen LogP) is 4.37. The van der Waals surface area contributed by atoms with Crippen LogP contribution in [0.15, 0.2) is 0 Å². The Bertz CT molecular complexity index is 500. The van der Waals surface area contributed by atoms with Crippen molar-refractivity contribution in [3.05, 3.63) is 10.6 Å². The van der Waals surface area contributed by atoms with Gasteiger partial charge in [-0.15, -0.1) is 0 Å². The molecule has 3 unspecified atom stereocenters. The van der Waals surface area contributed by atoms with Crippen LogP contribution in [0.1, 0.15) is 74.2 Å². The lowest BCUT2D eigenvalue weighted by atomic mass is 9.86. The van der Waals surface area contributed by atoms with E-state index < -0.39 is 5.97 Å². The van der Waals surface area contributed by atoms with Crippen LogP contribution in [0.5, 0.6) is 0 Å². The summed E-state index contributed by atoms with van der Waals surface area (Å²) in [5.74, 6) is 0.0957. The zero-order valence-corrected chi connectivity index (χ0v) is 14.2. The van der Waals surface area contributed by atoms with Gasteiger partial charge in [-0.2, -0.15) is 0 Å². The summed E-state index contributed by atoms with van der Waals surface area (Å²) < 4.78 is 0. The van der Waals surface area contributed by atoms with E-state index in [9.17, 15) is 9.90 Å². The maximum absolute atomic E-state index is 11.5. The highest BCUT2D eigenvalue weighted by atomic mass is 32.1. The number of thiazole rings is 1. The Kier molecular flexibility index (Phi) is 5.25. The fourth-order valence-electron chi connectivity index (χ4n) is 3.06. The van der Waals surface area contributed by atoms with Gasteiger partial charge in [0.05, 0.1) is 5.69 Å². The van der Waals surface area contributed by atoms with Crippen molar-refractivity contribution in [1.29, 1.82) is 0 Å². The summed E-state index contributed by atoms with van der Waals surface area (Å²) in [7, 11) is 2.06. The Morgan fingerprint density at radius 2 is 2.24 bits per heavy atom. The third-order valence-corrected chi connectivity index (χ3v) is 5.82. The highest BCUT2D eigenvalue weighted by molar-refractivity contribution is 7.17. The predicted molar refractivity (Wildman–Crippen MR) is 87.6 cm³/mol. The molecular formula is C16H26N2O2S. The number of aromatic carboxylic acids is 1.